The van der Waals surface area contributed by atoms with Gasteiger partial charge in [0.05, 0.1) is 11.7 Å². The number of imide groups is 1. The molecule has 0 radical (unpaired) electrons. The van der Waals surface area contributed by atoms with E-state index >= 15 is 0 Å². The number of aromatic amines is 1. The third-order valence-corrected chi connectivity index (χ3v) is 10.3. The van der Waals surface area contributed by atoms with Crippen LogP contribution in [0.25, 0.3) is 22.5 Å². The summed E-state index contributed by atoms with van der Waals surface area (Å²) in [5.41, 5.74) is 10.6. The number of aromatic nitrogens is 5. The van der Waals surface area contributed by atoms with Crippen molar-refractivity contribution in [3.63, 3.8) is 0 Å². The number of pyridine rings is 1. The molecular weight excluding hydrogens is 729 g/mol. The molecule has 3 heterocycles. The number of carbonyl (C=O) groups is 5. The first-order valence-electron chi connectivity index (χ1n) is 19.3. The molecule has 2 fully saturated rings. The van der Waals surface area contributed by atoms with Gasteiger partial charge in [0.25, 0.3) is 11.8 Å². The van der Waals surface area contributed by atoms with Crippen LogP contribution >= 0.6 is 0 Å². The van der Waals surface area contributed by atoms with Crippen LogP contribution in [0.4, 0.5) is 10.5 Å². The topological polar surface area (TPSA) is 227 Å². The zero-order valence-corrected chi connectivity index (χ0v) is 32.7. The van der Waals surface area contributed by atoms with E-state index in [1.807, 2.05) is 52.0 Å². The van der Waals surface area contributed by atoms with Crippen molar-refractivity contribution in [1.82, 2.24) is 41.6 Å². The summed E-state index contributed by atoms with van der Waals surface area (Å²) in [6.07, 6.45) is 5.24. The number of carbonyl (C=O) groups excluding carboxylic acids is 5. The van der Waals surface area contributed by atoms with Crippen molar-refractivity contribution in [3.05, 3.63) is 77.6 Å². The number of nitrogens with one attached hydrogen (secondary N) is 4. The quantitative estimate of drug-likeness (QED) is 0.146. The maximum absolute atomic E-state index is 14.2. The normalized spacial score (nSPS) is 18.8. The lowest BCUT2D eigenvalue weighted by molar-refractivity contribution is -0.130. The molecule has 2 aromatic carbocycles. The summed E-state index contributed by atoms with van der Waals surface area (Å²) < 4.78 is 5.36. The van der Waals surface area contributed by atoms with Gasteiger partial charge in [0.1, 0.15) is 17.3 Å². The smallest absolute Gasteiger partial charge is 0.407 e. The summed E-state index contributed by atoms with van der Waals surface area (Å²) in [4.78, 5) is 71.1. The molecule has 1 saturated heterocycles. The van der Waals surface area contributed by atoms with Crippen molar-refractivity contribution in [2.75, 3.05) is 18.0 Å². The molecule has 1 aliphatic carbocycles. The zero-order chi connectivity index (χ0) is 40.7. The van der Waals surface area contributed by atoms with Crippen molar-refractivity contribution in [3.8, 4) is 22.5 Å². The Balaban J connectivity index is 1.12. The summed E-state index contributed by atoms with van der Waals surface area (Å²) in [5.74, 6) is -1.22. The molecule has 1 saturated carbocycles. The minimum Gasteiger partial charge on any atom is -0.444 e. The van der Waals surface area contributed by atoms with Gasteiger partial charge in [-0.05, 0) is 136 Å². The molecule has 0 unspecified atom stereocenters. The molecule has 2 aromatic heterocycles. The Hall–Kier alpha value is -6.03. The third kappa shape index (κ3) is 10.4. The van der Waals surface area contributed by atoms with Crippen LogP contribution in [0.5, 0.6) is 0 Å². The second-order valence-electron chi connectivity index (χ2n) is 15.8. The summed E-state index contributed by atoms with van der Waals surface area (Å²) in [7, 11) is 0. The second-order valence-corrected chi connectivity index (χ2v) is 15.8. The monoisotopic (exact) mass is 778 g/mol. The number of hydrogen-bond donors (Lipinski definition) is 5. The number of nitrogens with two attached hydrogens (primary N) is 1. The number of alkyl carbamates (subject to hydrolysis) is 1. The highest BCUT2D eigenvalue weighted by Crippen LogP contribution is 2.32. The minimum atomic E-state index is -1.03. The molecule has 2 aliphatic rings. The van der Waals surface area contributed by atoms with Crippen molar-refractivity contribution in [1.29, 1.82) is 0 Å². The van der Waals surface area contributed by atoms with Crippen LogP contribution in [0.2, 0.25) is 0 Å². The fourth-order valence-corrected chi connectivity index (χ4v) is 7.20. The van der Waals surface area contributed by atoms with Gasteiger partial charge in [-0.3, -0.25) is 24.2 Å². The van der Waals surface area contributed by atoms with Gasteiger partial charge in [-0.25, -0.2) is 14.8 Å². The molecular formula is C41H50N10O6. The van der Waals surface area contributed by atoms with Crippen LogP contribution in [0.15, 0.2) is 60.8 Å². The number of amides is 5. The van der Waals surface area contributed by atoms with E-state index in [9.17, 15) is 24.0 Å². The SMILES string of the molecule is Cc1cc(C(=O)N[C@@H]2CCCNC2=O)ncc1-c1ccc(C[C@H](N)C(=O)N(c2ccc(-c3nnn[nH]3)cc2)C(=O)[C@H]2CC[C@H](CNC(=O)OC(C)(C)C)CC2)cc1. The van der Waals surface area contributed by atoms with Gasteiger partial charge in [0.15, 0.2) is 5.82 Å². The Bertz CT molecular complexity index is 2060. The van der Waals surface area contributed by atoms with Gasteiger partial charge in [-0.15, -0.1) is 5.10 Å². The van der Waals surface area contributed by atoms with Crippen LogP contribution in [-0.4, -0.2) is 86.1 Å². The van der Waals surface area contributed by atoms with Crippen molar-refractivity contribution < 1.29 is 28.7 Å². The van der Waals surface area contributed by atoms with Gasteiger partial charge < -0.3 is 26.4 Å². The number of hydrogen-bond acceptors (Lipinski definition) is 11. The first kappa shape index (κ1) is 40.6. The van der Waals surface area contributed by atoms with Crippen LogP contribution < -0.4 is 26.6 Å². The van der Waals surface area contributed by atoms with Gasteiger partial charge in [0, 0.05) is 36.3 Å². The summed E-state index contributed by atoms with van der Waals surface area (Å²) >= 11 is 0. The maximum Gasteiger partial charge on any atom is 0.407 e. The molecule has 5 amide bonds. The Morgan fingerprint density at radius 1 is 0.982 bits per heavy atom. The molecule has 16 nitrogen and oxygen atoms in total. The van der Waals surface area contributed by atoms with E-state index in [1.165, 1.54) is 4.90 Å². The number of ether oxygens (including phenoxy) is 1. The van der Waals surface area contributed by atoms with Crippen molar-refractivity contribution in [2.45, 2.75) is 90.3 Å². The largest absolute Gasteiger partial charge is 0.444 e. The number of nitrogens with zero attached hydrogens (tertiary/aromatic N) is 5. The maximum atomic E-state index is 14.2. The van der Waals surface area contributed by atoms with Crippen LogP contribution in [0, 0.1) is 18.8 Å². The highest BCUT2D eigenvalue weighted by molar-refractivity contribution is 6.17. The minimum absolute atomic E-state index is 0.179. The molecule has 0 bridgehead atoms. The molecule has 0 spiro atoms. The highest BCUT2D eigenvalue weighted by atomic mass is 16.6. The molecule has 4 aromatic rings. The number of benzene rings is 2. The van der Waals surface area contributed by atoms with E-state index in [0.29, 0.717) is 62.3 Å². The van der Waals surface area contributed by atoms with E-state index < -0.39 is 41.5 Å². The van der Waals surface area contributed by atoms with E-state index in [0.717, 1.165) is 28.7 Å². The molecule has 16 heteroatoms. The predicted molar refractivity (Wildman–Crippen MR) is 211 cm³/mol. The number of piperidine rings is 1. The second kappa shape index (κ2) is 17.8. The van der Waals surface area contributed by atoms with Crippen molar-refractivity contribution >= 4 is 35.4 Å². The van der Waals surface area contributed by atoms with Crippen LogP contribution in [-0.2, 0) is 25.5 Å². The molecule has 57 heavy (non-hydrogen) atoms. The van der Waals surface area contributed by atoms with E-state index in [4.69, 9.17) is 10.5 Å². The first-order valence-corrected chi connectivity index (χ1v) is 19.3. The lowest BCUT2D eigenvalue weighted by Crippen LogP contribution is -2.50. The Morgan fingerprint density at radius 2 is 1.68 bits per heavy atom. The standard InChI is InChI=1S/C41H50N10O6/c1-24-20-34(37(53)46-33-6-5-19-43-36(33)52)44-23-31(24)27-11-7-25(8-12-27)21-32(42)39(55)51(30-17-15-28(16-18-30)35-47-49-50-48-35)38(54)29-13-9-26(10-14-29)22-45-40(56)57-41(2,3)4/h7-8,11-12,15-18,20,23,26,29,32-33H,5-6,9-10,13-14,19,21-22,42H2,1-4H3,(H,43,52)(H,45,56)(H,46,53)(H,47,48,49,50)/t26-,29-,32-,33+/m0/s1. The van der Waals surface area contributed by atoms with Crippen molar-refractivity contribution in [2.24, 2.45) is 17.6 Å². The number of anilines is 1. The third-order valence-electron chi connectivity index (χ3n) is 10.3. The lowest BCUT2D eigenvalue weighted by Gasteiger charge is -2.32. The molecule has 1 aliphatic heterocycles. The van der Waals surface area contributed by atoms with Gasteiger partial charge in [0.2, 0.25) is 11.8 Å². The number of rotatable bonds is 11. The van der Waals surface area contributed by atoms with Gasteiger partial charge in [-0.1, -0.05) is 24.3 Å². The first-order chi connectivity index (χ1) is 27.3. The predicted octanol–water partition coefficient (Wildman–Crippen LogP) is 4.01. The summed E-state index contributed by atoms with van der Waals surface area (Å²) in [5, 5.41) is 22.3. The average molecular weight is 779 g/mol. The Kier molecular flexibility index (Phi) is 12.7. The molecule has 2 atom stereocenters. The molecule has 6 rings (SSSR count). The number of aryl methyl sites for hydroxylation is 1. The van der Waals surface area contributed by atoms with Crippen LogP contribution in [0.1, 0.15) is 80.9 Å². The van der Waals surface area contributed by atoms with E-state index in [-0.39, 0.29) is 29.8 Å². The van der Waals surface area contributed by atoms with Crippen LogP contribution in [0.3, 0.4) is 0 Å². The van der Waals surface area contributed by atoms with Gasteiger partial charge in [-0.2, -0.15) is 0 Å². The molecule has 6 N–H and O–H groups in total. The highest BCUT2D eigenvalue weighted by Gasteiger charge is 2.36. The summed E-state index contributed by atoms with van der Waals surface area (Å²) in [6, 6.07) is 14.5. The van der Waals surface area contributed by atoms with Gasteiger partial charge >= 0.3 is 6.09 Å². The Labute approximate surface area is 331 Å². The fourth-order valence-electron chi connectivity index (χ4n) is 7.20. The average Bonchev–Trinajstić information content (AvgIpc) is 3.74. The zero-order valence-electron chi connectivity index (χ0n) is 32.7. The summed E-state index contributed by atoms with van der Waals surface area (Å²) in [6.45, 7) is 8.37. The molecule has 300 valence electrons. The lowest BCUT2D eigenvalue weighted by atomic mass is 9.81. The van der Waals surface area contributed by atoms with E-state index in [1.54, 1.807) is 36.5 Å². The van der Waals surface area contributed by atoms with E-state index in [2.05, 4.69) is 41.6 Å². The number of H-pyrrole nitrogens is 1. The Morgan fingerprint density at radius 3 is 2.32 bits per heavy atom. The number of tetrazole rings is 1. The fraction of sp³-hybridized carbons (Fsp3) is 0.439.